The molecule has 0 radical (unpaired) electrons. The van der Waals surface area contributed by atoms with Gasteiger partial charge in [0.05, 0.1) is 11.8 Å². The van der Waals surface area contributed by atoms with Gasteiger partial charge >= 0.3 is 6.18 Å². The summed E-state index contributed by atoms with van der Waals surface area (Å²) in [5, 5.41) is 10.7. The Morgan fingerprint density at radius 3 is 2.57 bits per heavy atom. The second kappa shape index (κ2) is 5.95. The summed E-state index contributed by atoms with van der Waals surface area (Å²) in [6.45, 7) is 2.56. The summed E-state index contributed by atoms with van der Waals surface area (Å²) in [5.41, 5.74) is -0.716. The quantitative estimate of drug-likeness (QED) is 0.880. The molecule has 1 saturated heterocycles. The van der Waals surface area contributed by atoms with Gasteiger partial charge in [0.25, 0.3) is 5.91 Å². The standard InChI is InChI=1S/C13H13F3N6O/c14-13(15,16)9-1-2-11(18-7-9)22-8-10(19-20-22)12(23)21-5-3-17-4-6-21/h1-2,7-8,17H,3-6H2. The number of aromatic nitrogens is 4. The maximum atomic E-state index is 12.5. The molecule has 0 unspecified atom stereocenters. The van der Waals surface area contributed by atoms with Gasteiger partial charge in [0.1, 0.15) is 0 Å². The Balaban J connectivity index is 1.77. The second-order valence-electron chi connectivity index (χ2n) is 4.99. The summed E-state index contributed by atoms with van der Waals surface area (Å²) in [7, 11) is 0. The predicted molar refractivity (Wildman–Crippen MR) is 72.9 cm³/mol. The number of hydrogen-bond acceptors (Lipinski definition) is 5. The Kier molecular flexibility index (Phi) is 3.99. The molecule has 0 bridgehead atoms. The van der Waals surface area contributed by atoms with E-state index in [9.17, 15) is 18.0 Å². The van der Waals surface area contributed by atoms with Gasteiger partial charge in [-0.05, 0) is 12.1 Å². The molecule has 3 rings (SSSR count). The minimum absolute atomic E-state index is 0.133. The molecular formula is C13H13F3N6O. The van der Waals surface area contributed by atoms with Crippen molar-refractivity contribution in [3.05, 3.63) is 35.8 Å². The molecule has 122 valence electrons. The number of carbonyl (C=O) groups excluding carboxylic acids is 1. The third kappa shape index (κ3) is 3.31. The summed E-state index contributed by atoms with van der Waals surface area (Å²) in [6.07, 6.45) is -2.37. The summed E-state index contributed by atoms with van der Waals surface area (Å²) in [6, 6.07) is 2.08. The van der Waals surface area contributed by atoms with E-state index in [-0.39, 0.29) is 17.4 Å². The van der Waals surface area contributed by atoms with Gasteiger partial charge in [-0.15, -0.1) is 5.10 Å². The van der Waals surface area contributed by atoms with Crippen LogP contribution in [0.15, 0.2) is 24.5 Å². The number of piperazine rings is 1. The molecule has 2 aromatic rings. The van der Waals surface area contributed by atoms with Crippen LogP contribution in [-0.4, -0.2) is 57.0 Å². The first-order valence-corrected chi connectivity index (χ1v) is 6.91. The van der Waals surface area contributed by atoms with Gasteiger partial charge < -0.3 is 10.2 Å². The highest BCUT2D eigenvalue weighted by molar-refractivity contribution is 5.92. The number of hydrogen-bond donors (Lipinski definition) is 1. The second-order valence-corrected chi connectivity index (χ2v) is 4.99. The minimum Gasteiger partial charge on any atom is -0.335 e. The maximum absolute atomic E-state index is 12.5. The van der Waals surface area contributed by atoms with Crippen LogP contribution >= 0.6 is 0 Å². The average molecular weight is 326 g/mol. The monoisotopic (exact) mass is 326 g/mol. The number of nitrogens with zero attached hydrogens (tertiary/aromatic N) is 5. The van der Waals surface area contributed by atoms with Gasteiger partial charge in [0.15, 0.2) is 11.5 Å². The highest BCUT2D eigenvalue weighted by Crippen LogP contribution is 2.28. The van der Waals surface area contributed by atoms with Crippen LogP contribution in [0.1, 0.15) is 16.1 Å². The van der Waals surface area contributed by atoms with Crippen molar-refractivity contribution >= 4 is 5.91 Å². The van der Waals surface area contributed by atoms with Gasteiger partial charge in [0.2, 0.25) is 0 Å². The van der Waals surface area contributed by atoms with E-state index in [1.54, 1.807) is 4.90 Å². The maximum Gasteiger partial charge on any atom is 0.417 e. The van der Waals surface area contributed by atoms with Crippen LogP contribution in [-0.2, 0) is 6.18 Å². The van der Waals surface area contributed by atoms with Gasteiger partial charge in [-0.25, -0.2) is 9.67 Å². The Morgan fingerprint density at radius 1 is 1.22 bits per heavy atom. The van der Waals surface area contributed by atoms with Crippen LogP contribution in [0.3, 0.4) is 0 Å². The fraction of sp³-hybridized carbons (Fsp3) is 0.385. The average Bonchev–Trinajstić information content (AvgIpc) is 3.04. The number of alkyl halides is 3. The van der Waals surface area contributed by atoms with Crippen molar-refractivity contribution in [1.29, 1.82) is 0 Å². The molecule has 1 aliphatic rings. The number of pyridine rings is 1. The molecule has 1 N–H and O–H groups in total. The zero-order valence-corrected chi connectivity index (χ0v) is 11.9. The first kappa shape index (κ1) is 15.4. The van der Waals surface area contributed by atoms with Crippen molar-refractivity contribution in [3.63, 3.8) is 0 Å². The number of carbonyl (C=O) groups is 1. The van der Waals surface area contributed by atoms with Crippen LogP contribution in [0.2, 0.25) is 0 Å². The topological polar surface area (TPSA) is 75.9 Å². The molecule has 1 amide bonds. The molecule has 1 fully saturated rings. The summed E-state index contributed by atoms with van der Waals surface area (Å²) in [5.74, 6) is -0.102. The minimum atomic E-state index is -4.45. The van der Waals surface area contributed by atoms with E-state index in [0.29, 0.717) is 26.2 Å². The Morgan fingerprint density at radius 2 is 1.96 bits per heavy atom. The third-order valence-corrected chi connectivity index (χ3v) is 3.43. The van der Waals surface area contributed by atoms with Gasteiger partial charge in [-0.1, -0.05) is 5.21 Å². The van der Waals surface area contributed by atoms with Crippen molar-refractivity contribution in [3.8, 4) is 5.82 Å². The van der Waals surface area contributed by atoms with E-state index in [1.807, 2.05) is 0 Å². The zero-order valence-electron chi connectivity index (χ0n) is 11.9. The summed E-state index contributed by atoms with van der Waals surface area (Å²) < 4.78 is 38.7. The number of nitrogens with one attached hydrogen (secondary N) is 1. The Labute approximate surface area is 129 Å². The summed E-state index contributed by atoms with van der Waals surface area (Å²) >= 11 is 0. The van der Waals surface area contributed by atoms with Crippen LogP contribution in [0.25, 0.3) is 5.82 Å². The first-order chi connectivity index (χ1) is 10.9. The smallest absolute Gasteiger partial charge is 0.335 e. The number of rotatable bonds is 2. The molecule has 0 atom stereocenters. The molecule has 0 saturated carbocycles. The SMILES string of the molecule is O=C(c1cn(-c2ccc(C(F)(F)F)cn2)nn1)N1CCNCC1. The fourth-order valence-electron chi connectivity index (χ4n) is 2.19. The van der Waals surface area contributed by atoms with Gasteiger partial charge in [0, 0.05) is 32.4 Å². The van der Waals surface area contributed by atoms with Gasteiger partial charge in [-0.2, -0.15) is 13.2 Å². The van der Waals surface area contributed by atoms with Crippen LogP contribution in [0, 0.1) is 0 Å². The lowest BCUT2D eigenvalue weighted by Gasteiger charge is -2.26. The highest BCUT2D eigenvalue weighted by atomic mass is 19.4. The molecule has 10 heteroatoms. The van der Waals surface area contributed by atoms with Crippen LogP contribution in [0.4, 0.5) is 13.2 Å². The van der Waals surface area contributed by atoms with Crippen molar-refractivity contribution < 1.29 is 18.0 Å². The van der Waals surface area contributed by atoms with E-state index in [4.69, 9.17) is 0 Å². The lowest BCUT2D eigenvalue weighted by molar-refractivity contribution is -0.137. The molecule has 0 aromatic carbocycles. The molecular weight excluding hydrogens is 313 g/mol. The number of halogens is 3. The van der Waals surface area contributed by atoms with E-state index in [0.717, 1.165) is 12.3 Å². The summed E-state index contributed by atoms with van der Waals surface area (Å²) in [4.78, 5) is 17.6. The lowest BCUT2D eigenvalue weighted by atomic mass is 10.3. The molecule has 0 aliphatic carbocycles. The molecule has 3 heterocycles. The molecule has 0 spiro atoms. The van der Waals surface area contributed by atoms with E-state index in [2.05, 4.69) is 20.6 Å². The molecule has 7 nitrogen and oxygen atoms in total. The van der Waals surface area contributed by atoms with Crippen LogP contribution < -0.4 is 5.32 Å². The first-order valence-electron chi connectivity index (χ1n) is 6.91. The largest absolute Gasteiger partial charge is 0.417 e. The van der Waals surface area contributed by atoms with Crippen molar-refractivity contribution in [2.75, 3.05) is 26.2 Å². The zero-order chi connectivity index (χ0) is 16.4. The van der Waals surface area contributed by atoms with Crippen molar-refractivity contribution in [1.82, 2.24) is 30.2 Å². The van der Waals surface area contributed by atoms with E-state index in [1.165, 1.54) is 16.9 Å². The van der Waals surface area contributed by atoms with Crippen molar-refractivity contribution in [2.24, 2.45) is 0 Å². The van der Waals surface area contributed by atoms with Crippen LogP contribution in [0.5, 0.6) is 0 Å². The van der Waals surface area contributed by atoms with Crippen molar-refractivity contribution in [2.45, 2.75) is 6.18 Å². The molecule has 2 aromatic heterocycles. The van der Waals surface area contributed by atoms with Gasteiger partial charge in [-0.3, -0.25) is 4.79 Å². The molecule has 1 aliphatic heterocycles. The number of amides is 1. The lowest BCUT2D eigenvalue weighted by Crippen LogP contribution is -2.46. The third-order valence-electron chi connectivity index (χ3n) is 3.43. The Bertz CT molecular complexity index is 690. The Hall–Kier alpha value is -2.49. The predicted octanol–water partition coefficient (Wildman–Crippen LogP) is 0.726. The van der Waals surface area contributed by atoms with E-state index >= 15 is 0 Å². The van der Waals surface area contributed by atoms with E-state index < -0.39 is 11.7 Å². The highest BCUT2D eigenvalue weighted by Gasteiger charge is 2.30. The normalized spacial score (nSPS) is 15.7. The fourth-order valence-corrected chi connectivity index (χ4v) is 2.19. The molecule has 23 heavy (non-hydrogen) atoms.